The lowest BCUT2D eigenvalue weighted by molar-refractivity contribution is 0.268. The third kappa shape index (κ3) is 6.41. The number of rotatable bonds is 6. The maximum absolute atomic E-state index is 12.6. The van der Waals surface area contributed by atoms with E-state index in [1.165, 1.54) is 20.4 Å². The van der Waals surface area contributed by atoms with Crippen LogP contribution in [0.2, 0.25) is 0 Å². The smallest absolute Gasteiger partial charge is 0.295 e. The standard InChI is InChI=1S/C11H20FN5O2/c1-8(6-14-7-10(12)16-13)17(3)11(19-5)15-9(2)18-4/h6-8,16H,2,13H2,1,3-5H3/b10-7-,14-6?,15-11?. The summed E-state index contributed by atoms with van der Waals surface area (Å²) in [5.74, 6) is 4.33. The van der Waals surface area contributed by atoms with E-state index in [-0.39, 0.29) is 11.9 Å². The van der Waals surface area contributed by atoms with Gasteiger partial charge >= 0.3 is 0 Å². The summed E-state index contributed by atoms with van der Waals surface area (Å²) in [6, 6.07) is 0.109. The highest BCUT2D eigenvalue weighted by atomic mass is 19.1. The second-order valence-electron chi connectivity index (χ2n) is 3.47. The number of nitrogens with one attached hydrogen (secondary N) is 1. The number of nitrogens with zero attached hydrogens (tertiary/aromatic N) is 3. The topological polar surface area (TPSA) is 84.5 Å². The van der Waals surface area contributed by atoms with Crippen LogP contribution in [-0.2, 0) is 9.47 Å². The Labute approximate surface area is 112 Å². The number of amidine groups is 1. The Kier molecular flexibility index (Phi) is 7.94. The van der Waals surface area contributed by atoms with Crippen LogP contribution in [0.3, 0.4) is 0 Å². The van der Waals surface area contributed by atoms with Crippen LogP contribution in [0.25, 0.3) is 0 Å². The van der Waals surface area contributed by atoms with Crippen LogP contribution in [0.15, 0.2) is 34.6 Å². The highest BCUT2D eigenvalue weighted by Crippen LogP contribution is 2.02. The van der Waals surface area contributed by atoms with Gasteiger partial charge < -0.3 is 14.4 Å². The molecule has 19 heavy (non-hydrogen) atoms. The molecular weight excluding hydrogens is 253 g/mol. The zero-order valence-corrected chi connectivity index (χ0v) is 11.6. The highest BCUT2D eigenvalue weighted by molar-refractivity contribution is 5.79. The van der Waals surface area contributed by atoms with Crippen molar-refractivity contribution in [3.8, 4) is 0 Å². The Bertz CT molecular complexity index is 381. The fourth-order valence-corrected chi connectivity index (χ4v) is 0.965. The first kappa shape index (κ1) is 16.9. The Morgan fingerprint density at radius 2 is 2.11 bits per heavy atom. The molecule has 0 rings (SSSR count). The maximum atomic E-state index is 12.6. The molecule has 0 aromatic carbocycles. The molecule has 8 heteroatoms. The van der Waals surface area contributed by atoms with E-state index in [2.05, 4.69) is 16.6 Å². The number of aliphatic imine (C=N–C) groups is 2. The first-order valence-corrected chi connectivity index (χ1v) is 5.40. The summed E-state index contributed by atoms with van der Waals surface area (Å²) in [6.07, 6.45) is 2.46. The first-order valence-electron chi connectivity index (χ1n) is 5.40. The molecule has 0 radical (unpaired) electrons. The van der Waals surface area contributed by atoms with Crippen LogP contribution in [0.4, 0.5) is 4.39 Å². The van der Waals surface area contributed by atoms with Gasteiger partial charge in [-0.2, -0.15) is 9.38 Å². The van der Waals surface area contributed by atoms with Gasteiger partial charge in [-0.05, 0) is 13.5 Å². The molecule has 0 aromatic rings. The zero-order valence-electron chi connectivity index (χ0n) is 11.6. The number of hydrogen-bond donors (Lipinski definition) is 2. The van der Waals surface area contributed by atoms with Gasteiger partial charge in [0.05, 0.1) is 26.5 Å². The second-order valence-corrected chi connectivity index (χ2v) is 3.47. The van der Waals surface area contributed by atoms with Gasteiger partial charge in [-0.25, -0.2) is 5.84 Å². The number of ether oxygens (including phenoxy) is 2. The Morgan fingerprint density at radius 3 is 2.58 bits per heavy atom. The molecule has 0 aliphatic rings. The Hall–Kier alpha value is -2.09. The van der Waals surface area contributed by atoms with Gasteiger partial charge in [0, 0.05) is 13.3 Å². The van der Waals surface area contributed by atoms with Crippen molar-refractivity contribution in [2.24, 2.45) is 15.8 Å². The molecule has 0 bridgehead atoms. The van der Waals surface area contributed by atoms with Crippen molar-refractivity contribution in [2.45, 2.75) is 13.0 Å². The minimum Gasteiger partial charge on any atom is -0.481 e. The summed E-state index contributed by atoms with van der Waals surface area (Å²) in [7, 11) is 4.67. The summed E-state index contributed by atoms with van der Waals surface area (Å²) >= 11 is 0. The zero-order chi connectivity index (χ0) is 14.8. The van der Waals surface area contributed by atoms with Gasteiger partial charge in [-0.1, -0.05) is 0 Å². The lowest BCUT2D eigenvalue weighted by Gasteiger charge is -2.23. The van der Waals surface area contributed by atoms with Crippen molar-refractivity contribution in [1.82, 2.24) is 10.3 Å². The molecule has 0 heterocycles. The molecule has 0 aromatic heterocycles. The first-order chi connectivity index (χ1) is 8.96. The summed E-state index contributed by atoms with van der Waals surface area (Å²) in [5, 5.41) is 0. The van der Waals surface area contributed by atoms with E-state index < -0.39 is 5.95 Å². The van der Waals surface area contributed by atoms with Gasteiger partial charge in [-0.3, -0.25) is 10.4 Å². The third-order valence-corrected chi connectivity index (χ3v) is 2.18. The summed E-state index contributed by atoms with van der Waals surface area (Å²) in [6.45, 7) is 5.40. The van der Waals surface area contributed by atoms with Gasteiger partial charge in [-0.15, -0.1) is 0 Å². The Morgan fingerprint density at radius 1 is 1.47 bits per heavy atom. The fourth-order valence-electron chi connectivity index (χ4n) is 0.965. The molecular formula is C11H20FN5O2. The molecule has 1 atom stereocenters. The van der Waals surface area contributed by atoms with Crippen LogP contribution in [0.1, 0.15) is 6.92 Å². The van der Waals surface area contributed by atoms with Gasteiger partial charge in [0.1, 0.15) is 0 Å². The predicted molar refractivity (Wildman–Crippen MR) is 72.8 cm³/mol. The molecule has 1 unspecified atom stereocenters. The van der Waals surface area contributed by atoms with E-state index >= 15 is 0 Å². The van der Waals surface area contributed by atoms with Gasteiger partial charge in [0.15, 0.2) is 0 Å². The van der Waals surface area contributed by atoms with Crippen molar-refractivity contribution >= 4 is 12.2 Å². The second kappa shape index (κ2) is 8.92. The van der Waals surface area contributed by atoms with E-state index in [4.69, 9.17) is 15.3 Å². The molecule has 0 aliphatic carbocycles. The van der Waals surface area contributed by atoms with Crippen LogP contribution in [0.5, 0.6) is 0 Å². The molecule has 0 spiro atoms. The van der Waals surface area contributed by atoms with Crippen LogP contribution in [-0.4, -0.2) is 44.4 Å². The van der Waals surface area contributed by atoms with Crippen LogP contribution >= 0.6 is 0 Å². The quantitative estimate of drug-likeness (QED) is 0.186. The largest absolute Gasteiger partial charge is 0.481 e. The summed E-state index contributed by atoms with van der Waals surface area (Å²) in [5.41, 5.74) is 1.83. The minimum absolute atomic E-state index is 0.190. The SMILES string of the molecule is C=C(N=C(OC)N(C)C(C)C=N/C=C(/F)NN)OC. The summed E-state index contributed by atoms with van der Waals surface area (Å²) in [4.78, 5) is 9.46. The number of halogens is 1. The average Bonchev–Trinajstić information content (AvgIpc) is 2.42. The minimum atomic E-state index is -0.737. The number of nitrogens with two attached hydrogens (primary N) is 1. The normalized spacial score (nSPS) is 14.2. The van der Waals surface area contributed by atoms with E-state index in [9.17, 15) is 4.39 Å². The van der Waals surface area contributed by atoms with Crippen LogP contribution in [0, 0.1) is 0 Å². The van der Waals surface area contributed by atoms with Crippen LogP contribution < -0.4 is 11.3 Å². The third-order valence-electron chi connectivity index (χ3n) is 2.18. The average molecular weight is 273 g/mol. The van der Waals surface area contributed by atoms with Crippen molar-refractivity contribution in [3.63, 3.8) is 0 Å². The molecule has 108 valence electrons. The molecule has 3 N–H and O–H groups in total. The Balaban J connectivity index is 4.74. The molecule has 0 aliphatic heterocycles. The van der Waals surface area contributed by atoms with E-state index in [1.54, 1.807) is 11.9 Å². The van der Waals surface area contributed by atoms with Crippen molar-refractivity contribution in [3.05, 3.63) is 24.6 Å². The van der Waals surface area contributed by atoms with E-state index in [0.29, 0.717) is 6.02 Å². The number of hydrogen-bond acceptors (Lipinski definition) is 6. The monoisotopic (exact) mass is 273 g/mol. The van der Waals surface area contributed by atoms with E-state index in [0.717, 1.165) is 6.20 Å². The molecule has 0 saturated heterocycles. The highest BCUT2D eigenvalue weighted by Gasteiger charge is 2.13. The van der Waals surface area contributed by atoms with Crippen molar-refractivity contribution in [1.29, 1.82) is 0 Å². The molecule has 0 amide bonds. The lowest BCUT2D eigenvalue weighted by Crippen LogP contribution is -2.37. The fraction of sp³-hybridized carbons (Fsp3) is 0.455. The van der Waals surface area contributed by atoms with E-state index in [1.807, 2.05) is 12.3 Å². The van der Waals surface area contributed by atoms with Gasteiger partial charge in [0.2, 0.25) is 11.8 Å². The molecule has 0 fully saturated rings. The summed E-state index contributed by atoms with van der Waals surface area (Å²) < 4.78 is 22.6. The van der Waals surface area contributed by atoms with Crippen molar-refractivity contribution in [2.75, 3.05) is 21.3 Å². The van der Waals surface area contributed by atoms with Gasteiger partial charge in [0.25, 0.3) is 6.02 Å². The lowest BCUT2D eigenvalue weighted by atomic mass is 10.3. The number of hydrazine groups is 1. The molecule has 7 nitrogen and oxygen atoms in total. The maximum Gasteiger partial charge on any atom is 0.295 e. The predicted octanol–water partition coefficient (Wildman–Crippen LogP) is 0.729. The number of methoxy groups -OCH3 is 2. The van der Waals surface area contributed by atoms with Crippen molar-refractivity contribution < 1.29 is 13.9 Å². The molecule has 0 saturated carbocycles.